The van der Waals surface area contributed by atoms with E-state index < -0.39 is 5.60 Å². The molecule has 0 bridgehead atoms. The van der Waals surface area contributed by atoms with Crippen LogP contribution in [-0.2, 0) is 5.60 Å². The highest BCUT2D eigenvalue weighted by molar-refractivity contribution is 8.00. The normalized spacial score (nSPS) is 30.8. The van der Waals surface area contributed by atoms with Gasteiger partial charge in [0.2, 0.25) is 0 Å². The van der Waals surface area contributed by atoms with Gasteiger partial charge in [-0.15, -0.1) is 0 Å². The van der Waals surface area contributed by atoms with E-state index in [-0.39, 0.29) is 0 Å². The molecule has 1 saturated heterocycles. The molecule has 82 valence electrons. The fourth-order valence-electron chi connectivity index (χ4n) is 2.30. The molecule has 1 fully saturated rings. The highest BCUT2D eigenvalue weighted by Gasteiger charge is 2.38. The molecule has 0 aliphatic carbocycles. The third-order valence-corrected chi connectivity index (χ3v) is 4.51. The van der Waals surface area contributed by atoms with Gasteiger partial charge in [0.15, 0.2) is 0 Å². The van der Waals surface area contributed by atoms with E-state index in [9.17, 15) is 5.11 Å². The Morgan fingerprint density at radius 2 is 2.13 bits per heavy atom. The van der Waals surface area contributed by atoms with Gasteiger partial charge in [-0.1, -0.05) is 30.7 Å². The number of hydrogen-bond donors (Lipinski definition) is 1. The predicted octanol–water partition coefficient (Wildman–Crippen LogP) is 3.02. The lowest BCUT2D eigenvalue weighted by molar-refractivity contribution is 0.0605. The molecule has 0 radical (unpaired) electrons. The zero-order valence-electron chi connectivity index (χ0n) is 9.58. The Balaban J connectivity index is 2.40. The van der Waals surface area contributed by atoms with Crippen LogP contribution in [0.25, 0.3) is 0 Å². The van der Waals surface area contributed by atoms with E-state index in [0.717, 1.165) is 17.7 Å². The van der Waals surface area contributed by atoms with Gasteiger partial charge in [0.25, 0.3) is 0 Å². The summed E-state index contributed by atoms with van der Waals surface area (Å²) in [7, 11) is 0. The highest BCUT2D eigenvalue weighted by Crippen LogP contribution is 2.42. The fraction of sp³-hybridized carbons (Fsp3) is 0.538. The number of aliphatic hydroxyl groups is 1. The SMILES string of the molecule is Cc1ccc(C)c(C2(O)CSC(C)C2)c1. The van der Waals surface area contributed by atoms with E-state index in [2.05, 4.69) is 39.0 Å². The number of rotatable bonds is 1. The van der Waals surface area contributed by atoms with Crippen LogP contribution in [0.15, 0.2) is 18.2 Å². The first-order valence-corrected chi connectivity index (χ1v) is 6.48. The van der Waals surface area contributed by atoms with Crippen molar-refractivity contribution < 1.29 is 5.11 Å². The fourth-order valence-corrected chi connectivity index (χ4v) is 3.53. The number of hydrogen-bond acceptors (Lipinski definition) is 2. The molecule has 0 saturated carbocycles. The quantitative estimate of drug-likeness (QED) is 0.788. The standard InChI is InChI=1S/C13H18OS/c1-9-4-5-10(2)12(6-9)13(14)7-11(3)15-8-13/h4-6,11,14H,7-8H2,1-3H3. The predicted molar refractivity (Wildman–Crippen MR) is 66.3 cm³/mol. The Kier molecular flexibility index (Phi) is 2.82. The summed E-state index contributed by atoms with van der Waals surface area (Å²) in [5, 5.41) is 11.2. The van der Waals surface area contributed by atoms with Crippen molar-refractivity contribution in [1.82, 2.24) is 0 Å². The van der Waals surface area contributed by atoms with E-state index in [0.29, 0.717) is 5.25 Å². The lowest BCUT2D eigenvalue weighted by Crippen LogP contribution is -2.26. The molecule has 1 N–H and O–H groups in total. The third-order valence-electron chi connectivity index (χ3n) is 3.13. The smallest absolute Gasteiger partial charge is 0.0999 e. The summed E-state index contributed by atoms with van der Waals surface area (Å²) >= 11 is 1.86. The first-order chi connectivity index (χ1) is 7.01. The summed E-state index contributed by atoms with van der Waals surface area (Å²) in [5.41, 5.74) is 2.96. The van der Waals surface area contributed by atoms with Crippen LogP contribution in [0.4, 0.5) is 0 Å². The van der Waals surface area contributed by atoms with E-state index in [1.54, 1.807) is 0 Å². The molecule has 1 aliphatic rings. The number of benzene rings is 1. The van der Waals surface area contributed by atoms with Crippen LogP contribution in [0.2, 0.25) is 0 Å². The molecule has 1 aliphatic heterocycles. The molecule has 15 heavy (non-hydrogen) atoms. The second kappa shape index (κ2) is 3.84. The summed E-state index contributed by atoms with van der Waals surface area (Å²) in [4.78, 5) is 0. The molecule has 0 spiro atoms. The zero-order chi connectivity index (χ0) is 11.1. The van der Waals surface area contributed by atoms with Gasteiger partial charge in [-0.05, 0) is 31.4 Å². The molecule has 0 amide bonds. The largest absolute Gasteiger partial charge is 0.384 e. The van der Waals surface area contributed by atoms with Gasteiger partial charge >= 0.3 is 0 Å². The minimum Gasteiger partial charge on any atom is -0.384 e. The monoisotopic (exact) mass is 222 g/mol. The van der Waals surface area contributed by atoms with Crippen LogP contribution in [0.1, 0.15) is 30.0 Å². The molecule has 1 aromatic carbocycles. The molecule has 2 heteroatoms. The molecule has 0 aromatic heterocycles. The average Bonchev–Trinajstić information content (AvgIpc) is 2.52. The van der Waals surface area contributed by atoms with Crippen LogP contribution in [-0.4, -0.2) is 16.1 Å². The minimum absolute atomic E-state index is 0.565. The van der Waals surface area contributed by atoms with E-state index in [1.807, 2.05) is 11.8 Å². The van der Waals surface area contributed by atoms with Gasteiger partial charge in [-0.25, -0.2) is 0 Å². The van der Waals surface area contributed by atoms with Crippen molar-refractivity contribution in [3.05, 3.63) is 34.9 Å². The van der Waals surface area contributed by atoms with Crippen LogP contribution >= 0.6 is 11.8 Å². The van der Waals surface area contributed by atoms with Crippen LogP contribution in [0.3, 0.4) is 0 Å². The lowest BCUT2D eigenvalue weighted by atomic mass is 9.87. The second-order valence-electron chi connectivity index (χ2n) is 4.68. The summed E-state index contributed by atoms with van der Waals surface area (Å²) < 4.78 is 0. The van der Waals surface area contributed by atoms with Crippen molar-refractivity contribution in [2.24, 2.45) is 0 Å². The maximum atomic E-state index is 10.6. The van der Waals surface area contributed by atoms with Crippen molar-refractivity contribution in [1.29, 1.82) is 0 Å². The summed E-state index contributed by atoms with van der Waals surface area (Å²) in [5.74, 6) is 0.832. The topological polar surface area (TPSA) is 20.2 Å². The summed E-state index contributed by atoms with van der Waals surface area (Å²) in [6.07, 6.45) is 0.877. The van der Waals surface area contributed by atoms with Crippen LogP contribution in [0, 0.1) is 13.8 Å². The van der Waals surface area contributed by atoms with E-state index in [1.165, 1.54) is 11.1 Å². The van der Waals surface area contributed by atoms with Crippen LogP contribution in [0.5, 0.6) is 0 Å². The van der Waals surface area contributed by atoms with Crippen LogP contribution < -0.4 is 0 Å². The van der Waals surface area contributed by atoms with Gasteiger partial charge < -0.3 is 5.11 Å². The maximum Gasteiger partial charge on any atom is 0.0999 e. The Labute approximate surface area is 95.9 Å². The van der Waals surface area contributed by atoms with Crippen molar-refractivity contribution >= 4 is 11.8 Å². The summed E-state index contributed by atoms with van der Waals surface area (Å²) in [6, 6.07) is 6.35. The minimum atomic E-state index is -0.597. The molecule has 1 aromatic rings. The molecule has 1 nitrogen and oxygen atoms in total. The maximum absolute atomic E-state index is 10.6. The van der Waals surface area contributed by atoms with Gasteiger partial charge in [-0.2, -0.15) is 11.8 Å². The third kappa shape index (κ3) is 2.06. The Morgan fingerprint density at radius 1 is 1.40 bits per heavy atom. The molecule has 2 unspecified atom stereocenters. The zero-order valence-corrected chi connectivity index (χ0v) is 10.4. The van der Waals surface area contributed by atoms with Crippen molar-refractivity contribution in [3.63, 3.8) is 0 Å². The summed E-state index contributed by atoms with van der Waals surface area (Å²) in [6.45, 7) is 6.35. The highest BCUT2D eigenvalue weighted by atomic mass is 32.2. The first kappa shape index (κ1) is 11.0. The Morgan fingerprint density at radius 3 is 2.73 bits per heavy atom. The molecular weight excluding hydrogens is 204 g/mol. The van der Waals surface area contributed by atoms with Crippen molar-refractivity contribution in [3.8, 4) is 0 Å². The Bertz CT molecular complexity index is 375. The lowest BCUT2D eigenvalue weighted by Gasteiger charge is -2.24. The molecule has 1 heterocycles. The van der Waals surface area contributed by atoms with E-state index >= 15 is 0 Å². The van der Waals surface area contributed by atoms with Gasteiger partial charge in [0.05, 0.1) is 5.60 Å². The average molecular weight is 222 g/mol. The first-order valence-electron chi connectivity index (χ1n) is 5.43. The molecular formula is C13H18OS. The molecule has 2 atom stereocenters. The van der Waals surface area contributed by atoms with Gasteiger partial charge in [0, 0.05) is 11.0 Å². The number of thioether (sulfide) groups is 1. The Hall–Kier alpha value is -0.470. The van der Waals surface area contributed by atoms with Crippen molar-refractivity contribution in [2.45, 2.75) is 38.0 Å². The van der Waals surface area contributed by atoms with Gasteiger partial charge in [0.1, 0.15) is 0 Å². The van der Waals surface area contributed by atoms with Crippen molar-refractivity contribution in [2.75, 3.05) is 5.75 Å². The van der Waals surface area contributed by atoms with E-state index in [4.69, 9.17) is 0 Å². The molecule has 2 rings (SSSR count). The van der Waals surface area contributed by atoms with Gasteiger partial charge in [-0.3, -0.25) is 0 Å². The second-order valence-corrected chi connectivity index (χ2v) is 6.10. The number of aryl methyl sites for hydroxylation is 2.